The van der Waals surface area contributed by atoms with E-state index < -0.39 is 10.0 Å². The molecule has 4 rings (SSSR count). The first-order valence-electron chi connectivity index (χ1n) is 9.80. The van der Waals surface area contributed by atoms with Crippen molar-refractivity contribution in [3.8, 4) is 0 Å². The third-order valence-electron chi connectivity index (χ3n) is 5.42. The highest BCUT2D eigenvalue weighted by Gasteiger charge is 2.35. The van der Waals surface area contributed by atoms with E-state index in [0.29, 0.717) is 42.2 Å². The summed E-state index contributed by atoms with van der Waals surface area (Å²) in [7, 11) is -3.74. The first-order chi connectivity index (χ1) is 13.9. The molecule has 2 N–H and O–H groups in total. The number of amides is 1. The average molecular weight is 416 g/mol. The number of rotatable bonds is 4. The molecule has 29 heavy (non-hydrogen) atoms. The number of carbonyl (C=O) groups excluding carboxylic acids is 1. The lowest BCUT2D eigenvalue weighted by Crippen LogP contribution is -2.35. The minimum absolute atomic E-state index is 0.167. The Balaban J connectivity index is 1.76. The van der Waals surface area contributed by atoms with Crippen LogP contribution in [0.5, 0.6) is 0 Å². The predicted molar refractivity (Wildman–Crippen MR) is 112 cm³/mol. The normalized spacial score (nSPS) is 19.9. The minimum atomic E-state index is -3.74. The number of fused-ring (bicyclic) bond motifs is 1. The molecule has 0 unspecified atom stereocenters. The zero-order valence-corrected chi connectivity index (χ0v) is 17.4. The van der Waals surface area contributed by atoms with Crippen LogP contribution in [0.2, 0.25) is 0 Å². The number of anilines is 1. The Labute approximate surface area is 170 Å². The maximum atomic E-state index is 13.5. The Bertz CT molecular complexity index is 1070. The molecule has 2 aromatic rings. The molecule has 9 heteroatoms. The molecular weight excluding hydrogens is 390 g/mol. The van der Waals surface area contributed by atoms with Crippen molar-refractivity contribution < 1.29 is 13.2 Å². The van der Waals surface area contributed by atoms with Crippen LogP contribution in [-0.2, 0) is 14.8 Å². The van der Waals surface area contributed by atoms with Crippen LogP contribution in [-0.4, -0.2) is 66.2 Å². The Hall–Kier alpha value is -2.49. The number of likely N-dealkylation sites (N-methyl/N-ethyl adjacent to an activating group) is 1. The Morgan fingerprint density at radius 3 is 2.76 bits per heavy atom. The van der Waals surface area contributed by atoms with Gasteiger partial charge in [0.2, 0.25) is 10.0 Å². The molecule has 2 aliphatic heterocycles. The van der Waals surface area contributed by atoms with Crippen molar-refractivity contribution in [2.75, 3.05) is 38.0 Å². The Kier molecular flexibility index (Phi) is 5.28. The van der Waals surface area contributed by atoms with Crippen LogP contribution in [0.4, 0.5) is 5.69 Å². The van der Waals surface area contributed by atoms with E-state index in [-0.39, 0.29) is 10.8 Å². The summed E-state index contributed by atoms with van der Waals surface area (Å²) in [6.45, 7) is 7.32. The fraction of sp³-hybridized carbons (Fsp3) is 0.400. The summed E-state index contributed by atoms with van der Waals surface area (Å²) in [6.07, 6.45) is 4.07. The van der Waals surface area contributed by atoms with Crippen molar-refractivity contribution in [1.29, 1.82) is 0 Å². The number of nitrogens with one attached hydrogen (secondary N) is 2. The molecule has 1 aromatic carbocycles. The van der Waals surface area contributed by atoms with Crippen LogP contribution in [0, 0.1) is 6.92 Å². The topological polar surface area (TPSA) is 98.4 Å². The molecular formula is C20H25N5O3S. The van der Waals surface area contributed by atoms with Gasteiger partial charge in [-0.15, -0.1) is 0 Å². The van der Waals surface area contributed by atoms with E-state index in [0.717, 1.165) is 25.3 Å². The quantitative estimate of drug-likeness (QED) is 0.744. The second kappa shape index (κ2) is 7.74. The van der Waals surface area contributed by atoms with E-state index in [2.05, 4.69) is 27.1 Å². The number of sulfonamides is 1. The maximum absolute atomic E-state index is 13.5. The summed E-state index contributed by atoms with van der Waals surface area (Å²) in [4.78, 5) is 22.2. The smallest absolute Gasteiger partial charge is 0.256 e. The highest BCUT2D eigenvalue weighted by atomic mass is 32.2. The van der Waals surface area contributed by atoms with E-state index in [9.17, 15) is 13.2 Å². The molecule has 1 amide bonds. The Morgan fingerprint density at radius 2 is 2.03 bits per heavy atom. The molecule has 8 nitrogen and oxygen atoms in total. The van der Waals surface area contributed by atoms with Gasteiger partial charge in [-0.25, -0.2) is 13.4 Å². The van der Waals surface area contributed by atoms with Crippen molar-refractivity contribution in [2.45, 2.75) is 25.2 Å². The number of carbonyl (C=O) groups is 1. The van der Waals surface area contributed by atoms with Gasteiger partial charge < -0.3 is 15.2 Å². The average Bonchev–Trinajstić information content (AvgIpc) is 3.13. The number of hydrogen-bond donors (Lipinski definition) is 2. The van der Waals surface area contributed by atoms with Gasteiger partial charge in [-0.1, -0.05) is 13.0 Å². The molecule has 154 valence electrons. The number of nitrogens with zero attached hydrogens (tertiary/aromatic N) is 3. The van der Waals surface area contributed by atoms with Gasteiger partial charge in [-0.3, -0.25) is 4.79 Å². The van der Waals surface area contributed by atoms with Crippen LogP contribution in [0.1, 0.15) is 30.4 Å². The van der Waals surface area contributed by atoms with Crippen molar-refractivity contribution >= 4 is 33.3 Å². The Morgan fingerprint density at radius 1 is 1.21 bits per heavy atom. The monoisotopic (exact) mass is 415 g/mol. The third kappa shape index (κ3) is 3.73. The molecule has 3 heterocycles. The van der Waals surface area contributed by atoms with E-state index >= 15 is 0 Å². The number of aromatic amines is 1. The largest absolute Gasteiger partial charge is 0.343 e. The van der Waals surface area contributed by atoms with Crippen molar-refractivity contribution in [2.24, 2.45) is 0 Å². The summed E-state index contributed by atoms with van der Waals surface area (Å²) >= 11 is 0. The van der Waals surface area contributed by atoms with Gasteiger partial charge in [0.15, 0.2) is 0 Å². The van der Waals surface area contributed by atoms with Crippen molar-refractivity contribution in [3.05, 3.63) is 41.5 Å². The van der Waals surface area contributed by atoms with Crippen molar-refractivity contribution in [1.82, 2.24) is 19.2 Å². The molecule has 0 saturated carbocycles. The lowest BCUT2D eigenvalue weighted by atomic mass is 10.1. The van der Waals surface area contributed by atoms with E-state index in [4.69, 9.17) is 0 Å². The second-order valence-electron chi connectivity index (χ2n) is 7.31. The highest BCUT2D eigenvalue weighted by Crippen LogP contribution is 2.38. The van der Waals surface area contributed by atoms with Gasteiger partial charge in [0, 0.05) is 25.2 Å². The van der Waals surface area contributed by atoms with Gasteiger partial charge in [0.05, 0.1) is 28.0 Å². The van der Waals surface area contributed by atoms with Gasteiger partial charge >= 0.3 is 0 Å². The zero-order valence-electron chi connectivity index (χ0n) is 16.6. The fourth-order valence-corrected chi connectivity index (χ4v) is 5.58. The maximum Gasteiger partial charge on any atom is 0.256 e. The molecule has 1 saturated heterocycles. The first kappa shape index (κ1) is 19.8. The standard InChI is InChI=1S/C20H25N5O3S/c1-3-24-8-5-9-25(11-10-24)29(27,28)18-7-4-6-17-19(18)16(20(26)23-17)12-15-13-21-14(2)22-15/h4,6-7,12-13H,3,5,8-11H2,1-2H3,(H,21,22)(H,23,26)/b16-12-. The number of benzene rings is 1. The second-order valence-corrected chi connectivity index (χ2v) is 9.21. The summed E-state index contributed by atoms with van der Waals surface area (Å²) < 4.78 is 28.6. The van der Waals surface area contributed by atoms with Gasteiger partial charge in [-0.05, 0) is 44.6 Å². The van der Waals surface area contributed by atoms with E-state index in [1.807, 2.05) is 6.92 Å². The van der Waals surface area contributed by atoms with E-state index in [1.54, 1.807) is 34.8 Å². The molecule has 1 fully saturated rings. The molecule has 0 radical (unpaired) electrons. The number of hydrogen-bond acceptors (Lipinski definition) is 5. The summed E-state index contributed by atoms with van der Waals surface area (Å²) in [5.74, 6) is 0.407. The van der Waals surface area contributed by atoms with Crippen LogP contribution < -0.4 is 5.32 Å². The van der Waals surface area contributed by atoms with Crippen molar-refractivity contribution in [3.63, 3.8) is 0 Å². The molecule has 0 aliphatic carbocycles. The fourth-order valence-electron chi connectivity index (χ4n) is 3.88. The molecule has 1 aromatic heterocycles. The minimum Gasteiger partial charge on any atom is -0.343 e. The number of aryl methyl sites for hydroxylation is 1. The van der Waals surface area contributed by atoms with Crippen LogP contribution in [0.15, 0.2) is 29.3 Å². The number of aromatic nitrogens is 2. The predicted octanol–water partition coefficient (Wildman–Crippen LogP) is 1.93. The lowest BCUT2D eigenvalue weighted by molar-refractivity contribution is -0.110. The lowest BCUT2D eigenvalue weighted by Gasteiger charge is -2.22. The van der Waals surface area contributed by atoms with E-state index in [1.165, 1.54) is 0 Å². The summed E-state index contributed by atoms with van der Waals surface area (Å²) in [5.41, 5.74) is 1.93. The van der Waals surface area contributed by atoms with Gasteiger partial charge in [0.25, 0.3) is 5.91 Å². The molecule has 0 spiro atoms. The third-order valence-corrected chi connectivity index (χ3v) is 7.36. The van der Waals surface area contributed by atoms with Gasteiger partial charge in [0.1, 0.15) is 5.82 Å². The molecule has 2 aliphatic rings. The number of imidazole rings is 1. The zero-order chi connectivity index (χ0) is 20.6. The number of H-pyrrole nitrogens is 1. The summed E-state index contributed by atoms with van der Waals surface area (Å²) in [5, 5.41) is 2.79. The van der Waals surface area contributed by atoms with Gasteiger partial charge in [-0.2, -0.15) is 4.31 Å². The molecule has 0 atom stereocenters. The first-order valence-corrected chi connectivity index (χ1v) is 11.2. The van der Waals surface area contributed by atoms with Crippen LogP contribution >= 0.6 is 0 Å². The highest BCUT2D eigenvalue weighted by molar-refractivity contribution is 7.89. The summed E-state index contributed by atoms with van der Waals surface area (Å²) in [6, 6.07) is 4.99. The van der Waals surface area contributed by atoms with Crippen LogP contribution in [0.3, 0.4) is 0 Å². The molecule has 0 bridgehead atoms. The SMILES string of the molecule is CCN1CCCN(S(=O)(=O)c2cccc3c2/C(=C/c2cnc(C)[nH]2)C(=O)N3)CC1. The van der Waals surface area contributed by atoms with Crippen LogP contribution in [0.25, 0.3) is 11.6 Å².